The number of carbonyl (C=O) groups is 1. The molecule has 4 aromatic rings. The number of rotatable bonds is 4. The van der Waals surface area contributed by atoms with Crippen molar-refractivity contribution in [1.82, 2.24) is 14.9 Å². The Balaban J connectivity index is 1.72. The van der Waals surface area contributed by atoms with Gasteiger partial charge in [0.25, 0.3) is 5.91 Å². The second-order valence-corrected chi connectivity index (χ2v) is 6.27. The average Bonchev–Trinajstić information content (AvgIpc) is 3.24. The molecule has 2 aromatic carbocycles. The van der Waals surface area contributed by atoms with Crippen LogP contribution in [-0.2, 0) is 7.05 Å². The van der Waals surface area contributed by atoms with Crippen LogP contribution < -0.4 is 5.32 Å². The molecule has 1 atom stereocenters. The molecule has 0 spiro atoms. The second-order valence-electron chi connectivity index (χ2n) is 6.27. The zero-order valence-corrected chi connectivity index (χ0v) is 14.6. The number of hydrogen-bond donors (Lipinski definition) is 1. The number of para-hydroxylation sites is 1. The molecule has 26 heavy (non-hydrogen) atoms. The Morgan fingerprint density at radius 3 is 2.54 bits per heavy atom. The van der Waals surface area contributed by atoms with Crippen LogP contribution in [-0.4, -0.2) is 15.5 Å². The lowest BCUT2D eigenvalue weighted by Gasteiger charge is -2.18. The zero-order chi connectivity index (χ0) is 18.1. The summed E-state index contributed by atoms with van der Waals surface area (Å²) in [4.78, 5) is 17.4. The predicted molar refractivity (Wildman–Crippen MR) is 99.9 cm³/mol. The number of nitrogens with zero attached hydrogens (tertiary/aromatic N) is 2. The van der Waals surface area contributed by atoms with E-state index in [9.17, 15) is 4.79 Å². The number of fused-ring (bicyclic) bond motifs is 1. The van der Waals surface area contributed by atoms with Gasteiger partial charge in [0.2, 0.25) is 0 Å². The Labute approximate surface area is 151 Å². The number of aromatic nitrogens is 2. The number of hydrogen-bond acceptors (Lipinski definition) is 3. The third-order valence-corrected chi connectivity index (χ3v) is 4.57. The van der Waals surface area contributed by atoms with E-state index in [4.69, 9.17) is 4.42 Å². The predicted octanol–water partition coefficient (Wildman–Crippen LogP) is 3.99. The summed E-state index contributed by atoms with van der Waals surface area (Å²) >= 11 is 0. The fourth-order valence-corrected chi connectivity index (χ4v) is 3.19. The van der Waals surface area contributed by atoms with Crippen molar-refractivity contribution < 1.29 is 9.21 Å². The van der Waals surface area contributed by atoms with Crippen LogP contribution in [0, 0.1) is 6.92 Å². The molecule has 5 nitrogen and oxygen atoms in total. The van der Waals surface area contributed by atoms with Crippen molar-refractivity contribution in [2.45, 2.75) is 13.0 Å². The standard InChI is InChI=1S/C21H19N3O2/c1-14-16-10-6-7-11-17(16)26-19(14)21(25)23-18(15-8-4-3-5-9-15)20-22-12-13-24(20)2/h3-13,18H,1-2H3,(H,23,25). The summed E-state index contributed by atoms with van der Waals surface area (Å²) in [5.41, 5.74) is 2.51. The number of carbonyl (C=O) groups excluding carboxylic acids is 1. The summed E-state index contributed by atoms with van der Waals surface area (Å²) in [6, 6.07) is 17.1. The smallest absolute Gasteiger partial charge is 0.288 e. The monoisotopic (exact) mass is 345 g/mol. The Morgan fingerprint density at radius 1 is 1.12 bits per heavy atom. The Morgan fingerprint density at radius 2 is 1.85 bits per heavy atom. The molecule has 2 aromatic heterocycles. The summed E-state index contributed by atoms with van der Waals surface area (Å²) in [5.74, 6) is 0.843. The van der Waals surface area contributed by atoms with Crippen molar-refractivity contribution in [2.24, 2.45) is 7.05 Å². The molecule has 0 bridgehead atoms. The number of imidazole rings is 1. The van der Waals surface area contributed by atoms with Crippen molar-refractivity contribution in [2.75, 3.05) is 0 Å². The Hall–Kier alpha value is -3.34. The molecule has 1 amide bonds. The lowest BCUT2D eigenvalue weighted by atomic mass is 10.1. The SMILES string of the molecule is Cc1c(C(=O)NC(c2ccccc2)c2nccn2C)oc2ccccc12. The van der Waals surface area contributed by atoms with E-state index in [2.05, 4.69) is 10.3 Å². The highest BCUT2D eigenvalue weighted by atomic mass is 16.3. The quantitative estimate of drug-likeness (QED) is 0.608. The maximum atomic E-state index is 13.0. The van der Waals surface area contributed by atoms with Gasteiger partial charge in [0.05, 0.1) is 0 Å². The summed E-state index contributed by atoms with van der Waals surface area (Å²) < 4.78 is 7.71. The molecule has 2 heterocycles. The van der Waals surface area contributed by atoms with E-state index in [1.54, 1.807) is 6.20 Å². The first kappa shape index (κ1) is 16.1. The van der Waals surface area contributed by atoms with Gasteiger partial charge < -0.3 is 14.3 Å². The van der Waals surface area contributed by atoms with Gasteiger partial charge >= 0.3 is 0 Å². The third-order valence-electron chi connectivity index (χ3n) is 4.57. The highest BCUT2D eigenvalue weighted by Gasteiger charge is 2.24. The van der Waals surface area contributed by atoms with Crippen molar-refractivity contribution in [3.8, 4) is 0 Å². The van der Waals surface area contributed by atoms with Crippen molar-refractivity contribution >= 4 is 16.9 Å². The van der Waals surface area contributed by atoms with Crippen LogP contribution in [0.2, 0.25) is 0 Å². The molecule has 130 valence electrons. The summed E-state index contributed by atoms with van der Waals surface area (Å²) in [7, 11) is 1.91. The number of aryl methyl sites for hydroxylation is 2. The first-order chi connectivity index (χ1) is 12.6. The van der Waals surface area contributed by atoms with Crippen LogP contribution in [0.25, 0.3) is 11.0 Å². The average molecular weight is 345 g/mol. The highest BCUT2D eigenvalue weighted by Crippen LogP contribution is 2.26. The molecular weight excluding hydrogens is 326 g/mol. The molecule has 4 rings (SSSR count). The molecule has 0 saturated heterocycles. The number of amides is 1. The molecule has 0 aliphatic rings. The van der Waals surface area contributed by atoms with Crippen LogP contribution in [0.3, 0.4) is 0 Å². The van der Waals surface area contributed by atoms with Crippen LogP contribution in [0.4, 0.5) is 0 Å². The van der Waals surface area contributed by atoms with Gasteiger partial charge in [-0.2, -0.15) is 0 Å². The van der Waals surface area contributed by atoms with Gasteiger partial charge in [-0.1, -0.05) is 48.5 Å². The minimum absolute atomic E-state index is 0.254. The van der Waals surface area contributed by atoms with Gasteiger partial charge in [-0.25, -0.2) is 4.98 Å². The van der Waals surface area contributed by atoms with E-state index < -0.39 is 0 Å². The van der Waals surface area contributed by atoms with Gasteiger partial charge in [-0.15, -0.1) is 0 Å². The molecule has 0 aliphatic heterocycles. The van der Waals surface area contributed by atoms with Gasteiger partial charge in [0.15, 0.2) is 5.76 Å². The molecule has 0 radical (unpaired) electrons. The lowest BCUT2D eigenvalue weighted by Crippen LogP contribution is -2.31. The highest BCUT2D eigenvalue weighted by molar-refractivity contribution is 5.99. The largest absolute Gasteiger partial charge is 0.451 e. The normalized spacial score (nSPS) is 12.2. The molecule has 1 unspecified atom stereocenters. The first-order valence-corrected chi connectivity index (χ1v) is 8.46. The van der Waals surface area contributed by atoms with Crippen molar-refractivity contribution in [3.05, 3.63) is 89.7 Å². The minimum atomic E-state index is -0.365. The van der Waals surface area contributed by atoms with Crippen LogP contribution in [0.5, 0.6) is 0 Å². The van der Waals surface area contributed by atoms with E-state index in [1.807, 2.05) is 79.3 Å². The van der Waals surface area contributed by atoms with E-state index in [0.29, 0.717) is 11.3 Å². The molecule has 0 saturated carbocycles. The topological polar surface area (TPSA) is 60.1 Å². The van der Waals surface area contributed by atoms with Crippen LogP contribution in [0.1, 0.15) is 33.5 Å². The van der Waals surface area contributed by atoms with Crippen molar-refractivity contribution in [1.29, 1.82) is 0 Å². The molecule has 0 aliphatic carbocycles. The number of furan rings is 1. The van der Waals surface area contributed by atoms with Gasteiger partial charge in [0, 0.05) is 30.4 Å². The van der Waals surface area contributed by atoms with Gasteiger partial charge in [0.1, 0.15) is 17.4 Å². The zero-order valence-electron chi connectivity index (χ0n) is 14.6. The van der Waals surface area contributed by atoms with Gasteiger partial charge in [-0.05, 0) is 18.6 Å². The van der Waals surface area contributed by atoms with Crippen LogP contribution in [0.15, 0.2) is 71.4 Å². The Kier molecular flexibility index (Phi) is 4.05. The third kappa shape index (κ3) is 2.77. The molecule has 1 N–H and O–H groups in total. The van der Waals surface area contributed by atoms with E-state index in [-0.39, 0.29) is 11.9 Å². The molecular formula is C21H19N3O2. The number of nitrogens with one attached hydrogen (secondary N) is 1. The maximum absolute atomic E-state index is 13.0. The molecule has 0 fully saturated rings. The van der Waals surface area contributed by atoms with E-state index in [1.165, 1.54) is 0 Å². The minimum Gasteiger partial charge on any atom is -0.451 e. The van der Waals surface area contributed by atoms with E-state index in [0.717, 1.165) is 22.3 Å². The van der Waals surface area contributed by atoms with Crippen molar-refractivity contribution in [3.63, 3.8) is 0 Å². The van der Waals surface area contributed by atoms with E-state index >= 15 is 0 Å². The second kappa shape index (κ2) is 6.52. The maximum Gasteiger partial charge on any atom is 0.288 e. The van der Waals surface area contributed by atoms with Gasteiger partial charge in [-0.3, -0.25) is 4.79 Å². The summed E-state index contributed by atoms with van der Waals surface area (Å²) in [6.07, 6.45) is 3.59. The first-order valence-electron chi connectivity index (χ1n) is 8.46. The molecule has 5 heteroatoms. The Bertz CT molecular complexity index is 1060. The fraction of sp³-hybridized carbons (Fsp3) is 0.143. The van der Waals surface area contributed by atoms with Crippen LogP contribution >= 0.6 is 0 Å². The number of benzene rings is 2. The summed E-state index contributed by atoms with van der Waals surface area (Å²) in [6.45, 7) is 1.90. The fourth-order valence-electron chi connectivity index (χ4n) is 3.19. The summed E-state index contributed by atoms with van der Waals surface area (Å²) in [5, 5.41) is 4.03. The lowest BCUT2D eigenvalue weighted by molar-refractivity contribution is 0.0914.